The summed E-state index contributed by atoms with van der Waals surface area (Å²) in [7, 11) is 4.63. The van der Waals surface area contributed by atoms with E-state index < -0.39 is 6.04 Å². The number of carbonyl (C=O) groups excluding carboxylic acids is 1. The third kappa shape index (κ3) is 4.40. The quantitative estimate of drug-likeness (QED) is 0.356. The lowest BCUT2D eigenvalue weighted by atomic mass is 9.94. The molecule has 10 heteroatoms. The number of carbonyl (C=O) groups is 1. The molecule has 1 atom stereocenters. The van der Waals surface area contributed by atoms with Crippen molar-refractivity contribution in [3.63, 3.8) is 0 Å². The van der Waals surface area contributed by atoms with Crippen molar-refractivity contribution in [2.75, 3.05) is 32.0 Å². The fraction of sp³-hybridized carbons (Fsp3) is 0.179. The zero-order valence-electron chi connectivity index (χ0n) is 21.3. The number of halogens is 1. The first-order valence-electron chi connectivity index (χ1n) is 11.8. The molecule has 0 saturated heterocycles. The molecule has 1 aliphatic heterocycles. The van der Waals surface area contributed by atoms with Crippen LogP contribution in [0.15, 0.2) is 78.0 Å². The minimum Gasteiger partial charge on any atom is -0.495 e. The zero-order chi connectivity index (χ0) is 26.8. The van der Waals surface area contributed by atoms with Crippen molar-refractivity contribution >= 4 is 17.5 Å². The Morgan fingerprint density at radius 1 is 0.947 bits per heavy atom. The van der Waals surface area contributed by atoms with Crippen LogP contribution in [0.25, 0.3) is 11.4 Å². The number of hydrogen-bond donors (Lipinski definition) is 2. The fourth-order valence-electron chi connectivity index (χ4n) is 4.52. The lowest BCUT2D eigenvalue weighted by Gasteiger charge is -2.30. The van der Waals surface area contributed by atoms with E-state index in [-0.39, 0.29) is 11.7 Å². The summed E-state index contributed by atoms with van der Waals surface area (Å²) < 4.78 is 31.9. The van der Waals surface area contributed by atoms with Crippen LogP contribution >= 0.6 is 0 Å². The van der Waals surface area contributed by atoms with Gasteiger partial charge in [0.2, 0.25) is 5.95 Å². The van der Waals surface area contributed by atoms with Gasteiger partial charge in [-0.25, -0.2) is 9.07 Å². The topological polar surface area (TPSA) is 99.5 Å². The van der Waals surface area contributed by atoms with Crippen molar-refractivity contribution in [2.24, 2.45) is 0 Å². The summed E-state index contributed by atoms with van der Waals surface area (Å²) in [6.07, 6.45) is 0. The number of fused-ring (bicyclic) bond motifs is 1. The molecule has 0 aliphatic carbocycles. The summed E-state index contributed by atoms with van der Waals surface area (Å²) in [6.45, 7) is 1.80. The van der Waals surface area contributed by atoms with E-state index in [1.807, 2.05) is 24.3 Å². The van der Waals surface area contributed by atoms with Gasteiger partial charge in [0.15, 0.2) is 17.3 Å². The molecule has 0 radical (unpaired) electrons. The van der Waals surface area contributed by atoms with Crippen molar-refractivity contribution in [3.05, 3.63) is 89.4 Å². The molecule has 0 bridgehead atoms. The molecule has 9 nitrogen and oxygen atoms in total. The van der Waals surface area contributed by atoms with E-state index in [0.717, 1.165) is 0 Å². The summed E-state index contributed by atoms with van der Waals surface area (Å²) in [5.41, 5.74) is 2.77. The van der Waals surface area contributed by atoms with E-state index in [4.69, 9.17) is 19.3 Å². The average molecular weight is 516 g/mol. The highest BCUT2D eigenvalue weighted by molar-refractivity contribution is 6.06. The molecule has 38 heavy (non-hydrogen) atoms. The Bertz CT molecular complexity index is 1530. The fourth-order valence-corrected chi connectivity index (χ4v) is 4.52. The third-order valence-electron chi connectivity index (χ3n) is 6.28. The van der Waals surface area contributed by atoms with Gasteiger partial charge in [0.25, 0.3) is 5.91 Å². The van der Waals surface area contributed by atoms with E-state index >= 15 is 0 Å². The van der Waals surface area contributed by atoms with E-state index in [0.29, 0.717) is 57.1 Å². The predicted octanol–water partition coefficient (Wildman–Crippen LogP) is 5.04. The van der Waals surface area contributed by atoms with Crippen molar-refractivity contribution in [1.29, 1.82) is 0 Å². The average Bonchev–Trinajstić information content (AvgIpc) is 3.35. The molecule has 0 spiro atoms. The molecule has 2 N–H and O–H groups in total. The van der Waals surface area contributed by atoms with Crippen LogP contribution in [-0.4, -0.2) is 42.0 Å². The smallest absolute Gasteiger partial charge is 0.255 e. The van der Waals surface area contributed by atoms with Gasteiger partial charge in [0, 0.05) is 16.8 Å². The van der Waals surface area contributed by atoms with E-state index in [2.05, 4.69) is 15.6 Å². The molecule has 1 unspecified atom stereocenters. The highest BCUT2D eigenvalue weighted by Crippen LogP contribution is 2.43. The normalized spacial score (nSPS) is 14.4. The van der Waals surface area contributed by atoms with E-state index in [1.165, 1.54) is 12.1 Å². The Labute approximate surface area is 218 Å². The molecule has 4 aromatic rings. The Hall–Kier alpha value is -4.86. The van der Waals surface area contributed by atoms with Gasteiger partial charge in [0.05, 0.1) is 32.6 Å². The van der Waals surface area contributed by atoms with Gasteiger partial charge in [0.1, 0.15) is 17.6 Å². The van der Waals surface area contributed by atoms with Gasteiger partial charge < -0.3 is 24.8 Å². The molecule has 1 aromatic heterocycles. The van der Waals surface area contributed by atoms with Gasteiger partial charge in [-0.2, -0.15) is 4.98 Å². The Balaban J connectivity index is 1.66. The number of allylic oxidation sites excluding steroid dienone is 1. The van der Waals surface area contributed by atoms with Crippen LogP contribution in [-0.2, 0) is 4.79 Å². The van der Waals surface area contributed by atoms with Gasteiger partial charge in [-0.05, 0) is 49.4 Å². The van der Waals surface area contributed by atoms with Crippen LogP contribution in [0.5, 0.6) is 17.2 Å². The number of hydrogen-bond acceptors (Lipinski definition) is 7. The SMILES string of the molecule is COc1ccccc1NC(=O)C1=C(C)Nc2nc(-c3ccc(F)cc3)nn2C1c1cccc(OC)c1OC. The van der Waals surface area contributed by atoms with Crippen LogP contribution in [0.1, 0.15) is 18.5 Å². The van der Waals surface area contributed by atoms with E-state index in [9.17, 15) is 9.18 Å². The second kappa shape index (κ2) is 10.3. The minimum atomic E-state index is -0.729. The first kappa shape index (κ1) is 24.8. The van der Waals surface area contributed by atoms with Crippen LogP contribution in [0, 0.1) is 5.82 Å². The Morgan fingerprint density at radius 3 is 2.37 bits per heavy atom. The first-order valence-corrected chi connectivity index (χ1v) is 11.8. The molecule has 0 saturated carbocycles. The number of anilines is 2. The molecule has 3 aromatic carbocycles. The first-order chi connectivity index (χ1) is 18.4. The number of ether oxygens (including phenoxy) is 3. The van der Waals surface area contributed by atoms with Crippen LogP contribution < -0.4 is 24.8 Å². The number of nitrogens with one attached hydrogen (secondary N) is 2. The monoisotopic (exact) mass is 515 g/mol. The molecule has 5 rings (SSSR count). The second-order valence-electron chi connectivity index (χ2n) is 8.51. The van der Waals surface area contributed by atoms with Crippen molar-refractivity contribution in [2.45, 2.75) is 13.0 Å². The van der Waals surface area contributed by atoms with Crippen LogP contribution in [0.2, 0.25) is 0 Å². The highest BCUT2D eigenvalue weighted by atomic mass is 19.1. The standard InChI is InChI=1S/C28H26FN5O4/c1-16-23(27(35)31-20-9-5-6-10-21(20)36-2)24(19-8-7-11-22(37-3)25(19)38-4)34-28(30-16)32-26(33-34)17-12-14-18(29)15-13-17/h5-15,24H,1-4H3,(H,31,35)(H,30,32,33). The highest BCUT2D eigenvalue weighted by Gasteiger charge is 2.37. The Morgan fingerprint density at radius 2 is 1.66 bits per heavy atom. The van der Waals surface area contributed by atoms with Crippen molar-refractivity contribution in [3.8, 4) is 28.6 Å². The van der Waals surface area contributed by atoms with Crippen molar-refractivity contribution < 1.29 is 23.4 Å². The molecule has 1 aliphatic rings. The number of aromatic nitrogens is 3. The number of benzene rings is 3. The van der Waals surface area contributed by atoms with Crippen molar-refractivity contribution in [1.82, 2.24) is 14.8 Å². The minimum absolute atomic E-state index is 0.359. The largest absolute Gasteiger partial charge is 0.495 e. The third-order valence-corrected chi connectivity index (χ3v) is 6.28. The second-order valence-corrected chi connectivity index (χ2v) is 8.51. The number of para-hydroxylation sites is 3. The van der Waals surface area contributed by atoms with Gasteiger partial charge >= 0.3 is 0 Å². The maximum absolute atomic E-state index is 13.9. The number of nitrogens with zero attached hydrogens (tertiary/aromatic N) is 3. The van der Waals surface area contributed by atoms with Crippen LogP contribution in [0.3, 0.4) is 0 Å². The van der Waals surface area contributed by atoms with E-state index in [1.54, 1.807) is 63.3 Å². The lowest BCUT2D eigenvalue weighted by molar-refractivity contribution is -0.113. The van der Waals surface area contributed by atoms with Gasteiger partial charge in [-0.3, -0.25) is 4.79 Å². The number of methoxy groups -OCH3 is 3. The summed E-state index contributed by atoms with van der Waals surface area (Å²) in [6, 6.07) is 17.8. The summed E-state index contributed by atoms with van der Waals surface area (Å²) in [4.78, 5) is 18.5. The zero-order valence-corrected chi connectivity index (χ0v) is 21.3. The molecule has 1 amide bonds. The molecular formula is C28H26FN5O4. The van der Waals surface area contributed by atoms with Gasteiger partial charge in [-0.15, -0.1) is 5.10 Å². The Kier molecular flexibility index (Phi) is 6.69. The molecule has 0 fully saturated rings. The maximum atomic E-state index is 13.9. The van der Waals surface area contributed by atoms with Gasteiger partial charge in [-0.1, -0.05) is 24.3 Å². The number of rotatable bonds is 7. The predicted molar refractivity (Wildman–Crippen MR) is 141 cm³/mol. The lowest BCUT2D eigenvalue weighted by Crippen LogP contribution is -2.32. The maximum Gasteiger partial charge on any atom is 0.255 e. The molecule has 2 heterocycles. The van der Waals surface area contributed by atoms with Crippen LogP contribution in [0.4, 0.5) is 16.0 Å². The summed E-state index contributed by atoms with van der Waals surface area (Å²) >= 11 is 0. The summed E-state index contributed by atoms with van der Waals surface area (Å²) in [5.74, 6) is 1.57. The molecule has 194 valence electrons. The number of amides is 1. The molecular weight excluding hydrogens is 489 g/mol. The summed E-state index contributed by atoms with van der Waals surface area (Å²) in [5, 5.41) is 10.9.